The van der Waals surface area contributed by atoms with Crippen molar-refractivity contribution in [3.8, 4) is 0 Å². The third kappa shape index (κ3) is 2.99. The van der Waals surface area contributed by atoms with Crippen LogP contribution in [0, 0.1) is 0 Å². The minimum Gasteiger partial charge on any atom is -0.459 e. The van der Waals surface area contributed by atoms with E-state index in [1.807, 2.05) is 12.1 Å². The molecule has 2 heterocycles. The van der Waals surface area contributed by atoms with Gasteiger partial charge in [0.15, 0.2) is 5.58 Å². The number of rotatable bonds is 4. The van der Waals surface area contributed by atoms with E-state index < -0.39 is 5.97 Å². The van der Waals surface area contributed by atoms with Crippen LogP contribution >= 0.6 is 0 Å². The van der Waals surface area contributed by atoms with E-state index in [4.69, 9.17) is 13.9 Å². The molecule has 0 saturated carbocycles. The summed E-state index contributed by atoms with van der Waals surface area (Å²) in [6.07, 6.45) is 4.29. The molecular formula is C15H17NO4. The Morgan fingerprint density at radius 1 is 1.35 bits per heavy atom. The number of ether oxygens (including phenoxy) is 2. The van der Waals surface area contributed by atoms with Gasteiger partial charge in [-0.2, -0.15) is 0 Å². The average Bonchev–Trinajstić information content (AvgIpc) is 2.92. The zero-order valence-corrected chi connectivity index (χ0v) is 11.2. The van der Waals surface area contributed by atoms with E-state index >= 15 is 0 Å². The lowest BCUT2D eigenvalue weighted by Crippen LogP contribution is -2.21. The number of aromatic nitrogens is 1. The van der Waals surface area contributed by atoms with Gasteiger partial charge in [0, 0.05) is 13.0 Å². The summed E-state index contributed by atoms with van der Waals surface area (Å²) in [4.78, 5) is 15.9. The van der Waals surface area contributed by atoms with E-state index in [1.165, 1.54) is 6.42 Å². The number of oxazole rings is 1. The summed E-state index contributed by atoms with van der Waals surface area (Å²) in [5.74, 6) is -0.507. The summed E-state index contributed by atoms with van der Waals surface area (Å²) in [5.41, 5.74) is 1.25. The van der Waals surface area contributed by atoms with Crippen LogP contribution in [0.25, 0.3) is 11.1 Å². The van der Waals surface area contributed by atoms with Crippen molar-refractivity contribution in [2.45, 2.75) is 31.8 Å². The van der Waals surface area contributed by atoms with Gasteiger partial charge in [-0.15, -0.1) is 0 Å². The number of carbonyl (C=O) groups excluding carboxylic acids is 1. The number of para-hydroxylation sites is 2. The fraction of sp³-hybridized carbons (Fsp3) is 0.467. The highest BCUT2D eigenvalue weighted by Crippen LogP contribution is 2.17. The second-order valence-corrected chi connectivity index (χ2v) is 4.90. The minimum absolute atomic E-state index is 0.00997. The lowest BCUT2D eigenvalue weighted by atomic mass is 10.1. The van der Waals surface area contributed by atoms with Crippen molar-refractivity contribution in [3.05, 3.63) is 30.2 Å². The SMILES string of the molecule is O=C(OCCC1CCCCO1)c1nc2ccccc2o1. The van der Waals surface area contributed by atoms with Crippen LogP contribution < -0.4 is 0 Å². The molecule has 0 spiro atoms. The van der Waals surface area contributed by atoms with Crippen LogP contribution in [0.2, 0.25) is 0 Å². The molecule has 3 rings (SSSR count). The van der Waals surface area contributed by atoms with Crippen molar-refractivity contribution < 1.29 is 18.7 Å². The van der Waals surface area contributed by atoms with E-state index in [9.17, 15) is 4.79 Å². The van der Waals surface area contributed by atoms with Crippen molar-refractivity contribution in [3.63, 3.8) is 0 Å². The number of esters is 1. The second kappa shape index (κ2) is 6.05. The number of carbonyl (C=O) groups is 1. The molecule has 1 aromatic carbocycles. The number of fused-ring (bicyclic) bond motifs is 1. The monoisotopic (exact) mass is 275 g/mol. The number of hydrogen-bond acceptors (Lipinski definition) is 5. The summed E-state index contributed by atoms with van der Waals surface area (Å²) >= 11 is 0. The van der Waals surface area contributed by atoms with Crippen LogP contribution in [-0.2, 0) is 9.47 Å². The lowest BCUT2D eigenvalue weighted by Gasteiger charge is -2.21. The first-order chi connectivity index (χ1) is 9.83. The molecule has 1 aromatic heterocycles. The van der Waals surface area contributed by atoms with Crippen LogP contribution in [0.15, 0.2) is 28.7 Å². The van der Waals surface area contributed by atoms with Crippen molar-refractivity contribution in [2.75, 3.05) is 13.2 Å². The Bertz CT molecular complexity index is 553. The van der Waals surface area contributed by atoms with Gasteiger partial charge in [-0.1, -0.05) is 12.1 Å². The lowest BCUT2D eigenvalue weighted by molar-refractivity contribution is -0.00533. The van der Waals surface area contributed by atoms with Crippen LogP contribution in [0.3, 0.4) is 0 Å². The molecule has 1 aliphatic heterocycles. The average molecular weight is 275 g/mol. The molecule has 0 amide bonds. The zero-order valence-electron chi connectivity index (χ0n) is 11.2. The summed E-state index contributed by atoms with van der Waals surface area (Å²) in [6.45, 7) is 1.14. The zero-order chi connectivity index (χ0) is 13.8. The van der Waals surface area contributed by atoms with Crippen molar-refractivity contribution in [1.29, 1.82) is 0 Å². The predicted molar refractivity (Wildman–Crippen MR) is 72.5 cm³/mol. The third-order valence-corrected chi connectivity index (χ3v) is 3.42. The normalized spacial score (nSPS) is 19.1. The number of nitrogens with zero attached hydrogens (tertiary/aromatic N) is 1. The van der Waals surface area contributed by atoms with E-state index in [0.29, 0.717) is 17.7 Å². The minimum atomic E-state index is -0.517. The maximum atomic E-state index is 11.8. The van der Waals surface area contributed by atoms with Gasteiger partial charge < -0.3 is 13.9 Å². The Kier molecular flexibility index (Phi) is 3.97. The van der Waals surface area contributed by atoms with E-state index in [1.54, 1.807) is 12.1 Å². The Balaban J connectivity index is 1.53. The highest BCUT2D eigenvalue weighted by Gasteiger charge is 2.18. The Labute approximate surface area is 116 Å². The van der Waals surface area contributed by atoms with Crippen LogP contribution in [0.4, 0.5) is 0 Å². The summed E-state index contributed by atoms with van der Waals surface area (Å²) in [6, 6.07) is 7.25. The molecule has 1 atom stereocenters. The van der Waals surface area contributed by atoms with Gasteiger partial charge in [-0.25, -0.2) is 9.78 Å². The molecule has 0 radical (unpaired) electrons. The third-order valence-electron chi connectivity index (χ3n) is 3.42. The van der Waals surface area contributed by atoms with Crippen molar-refractivity contribution >= 4 is 17.1 Å². The second-order valence-electron chi connectivity index (χ2n) is 4.90. The molecule has 1 saturated heterocycles. The number of benzene rings is 1. The molecule has 20 heavy (non-hydrogen) atoms. The first kappa shape index (κ1) is 13.1. The molecule has 1 unspecified atom stereocenters. The van der Waals surface area contributed by atoms with E-state index in [-0.39, 0.29) is 12.0 Å². The van der Waals surface area contributed by atoms with Gasteiger partial charge in [-0.05, 0) is 31.4 Å². The fourth-order valence-corrected chi connectivity index (χ4v) is 2.34. The highest BCUT2D eigenvalue weighted by molar-refractivity contribution is 5.88. The summed E-state index contributed by atoms with van der Waals surface area (Å²) < 4.78 is 16.1. The Hall–Kier alpha value is -1.88. The van der Waals surface area contributed by atoms with Gasteiger partial charge in [0.1, 0.15) is 5.52 Å². The van der Waals surface area contributed by atoms with Gasteiger partial charge in [0.05, 0.1) is 12.7 Å². The Morgan fingerprint density at radius 2 is 2.25 bits per heavy atom. The first-order valence-electron chi connectivity index (χ1n) is 6.97. The number of hydrogen-bond donors (Lipinski definition) is 0. The first-order valence-corrected chi connectivity index (χ1v) is 6.97. The fourth-order valence-electron chi connectivity index (χ4n) is 2.34. The summed E-state index contributed by atoms with van der Waals surface area (Å²) in [5, 5.41) is 0. The van der Waals surface area contributed by atoms with Crippen LogP contribution in [0.1, 0.15) is 36.4 Å². The maximum absolute atomic E-state index is 11.8. The van der Waals surface area contributed by atoms with E-state index in [2.05, 4.69) is 4.98 Å². The van der Waals surface area contributed by atoms with Gasteiger partial charge in [0.2, 0.25) is 0 Å². The molecule has 5 heteroatoms. The highest BCUT2D eigenvalue weighted by atomic mass is 16.5. The molecule has 0 bridgehead atoms. The molecule has 106 valence electrons. The topological polar surface area (TPSA) is 61.6 Å². The maximum Gasteiger partial charge on any atom is 0.394 e. The van der Waals surface area contributed by atoms with Gasteiger partial charge >= 0.3 is 11.9 Å². The molecular weight excluding hydrogens is 258 g/mol. The van der Waals surface area contributed by atoms with Gasteiger partial charge in [0.25, 0.3) is 0 Å². The smallest absolute Gasteiger partial charge is 0.394 e. The molecule has 0 aliphatic carbocycles. The molecule has 0 N–H and O–H groups in total. The van der Waals surface area contributed by atoms with Crippen molar-refractivity contribution in [1.82, 2.24) is 4.98 Å². The molecule has 1 aliphatic rings. The molecule has 2 aromatic rings. The van der Waals surface area contributed by atoms with Crippen molar-refractivity contribution in [2.24, 2.45) is 0 Å². The standard InChI is InChI=1S/C15H17NO4/c17-15(19-10-8-11-5-3-4-9-18-11)14-16-12-6-1-2-7-13(12)20-14/h1-2,6-7,11H,3-5,8-10H2. The van der Waals surface area contributed by atoms with Crippen LogP contribution in [-0.4, -0.2) is 30.3 Å². The van der Waals surface area contributed by atoms with Gasteiger partial charge in [-0.3, -0.25) is 0 Å². The predicted octanol–water partition coefficient (Wildman–Crippen LogP) is 2.94. The molecule has 1 fully saturated rings. The van der Waals surface area contributed by atoms with E-state index in [0.717, 1.165) is 25.9 Å². The largest absolute Gasteiger partial charge is 0.459 e. The Morgan fingerprint density at radius 3 is 3.05 bits per heavy atom. The summed E-state index contributed by atoms with van der Waals surface area (Å²) in [7, 11) is 0. The quantitative estimate of drug-likeness (QED) is 0.803. The molecule has 5 nitrogen and oxygen atoms in total. The van der Waals surface area contributed by atoms with Crippen LogP contribution in [0.5, 0.6) is 0 Å².